The van der Waals surface area contributed by atoms with Crippen molar-refractivity contribution in [3.05, 3.63) is 66.0 Å². The molecule has 0 spiro atoms. The average Bonchev–Trinajstić information content (AvgIpc) is 3.00. The third-order valence-electron chi connectivity index (χ3n) is 3.08. The number of hydrogen-bond donors (Lipinski definition) is 0. The van der Waals surface area contributed by atoms with Crippen molar-refractivity contribution in [1.82, 2.24) is 14.8 Å². The number of nitrogens with zero attached hydrogens (tertiary/aromatic N) is 3. The van der Waals surface area contributed by atoms with Gasteiger partial charge in [0.05, 0.1) is 0 Å². The van der Waals surface area contributed by atoms with Crippen molar-refractivity contribution >= 4 is 17.7 Å². The van der Waals surface area contributed by atoms with E-state index in [9.17, 15) is 9.18 Å². The molecule has 0 N–H and O–H groups in total. The molecule has 3 rings (SSSR count). The van der Waals surface area contributed by atoms with Crippen molar-refractivity contribution in [2.45, 2.75) is 5.16 Å². The first kappa shape index (κ1) is 14.5. The Balaban J connectivity index is 2.01. The van der Waals surface area contributed by atoms with E-state index in [1.807, 2.05) is 36.6 Å². The number of rotatable bonds is 3. The molecular weight excluding hydrogens is 301 g/mol. The van der Waals surface area contributed by atoms with Crippen LogP contribution in [0.3, 0.4) is 0 Å². The molecule has 0 aliphatic rings. The van der Waals surface area contributed by atoms with Crippen molar-refractivity contribution in [1.29, 1.82) is 0 Å². The number of halogens is 1. The first-order chi connectivity index (χ1) is 10.7. The van der Waals surface area contributed by atoms with Gasteiger partial charge in [0.15, 0.2) is 11.0 Å². The molecule has 1 heterocycles. The second-order valence-electron chi connectivity index (χ2n) is 4.51. The van der Waals surface area contributed by atoms with Crippen molar-refractivity contribution in [3.8, 4) is 11.4 Å². The molecule has 0 radical (unpaired) electrons. The number of carbonyl (C=O) groups is 1. The monoisotopic (exact) mass is 313 g/mol. The van der Waals surface area contributed by atoms with Crippen LogP contribution in [0.5, 0.6) is 0 Å². The van der Waals surface area contributed by atoms with Crippen LogP contribution in [0.25, 0.3) is 11.4 Å². The number of carbonyl (C=O) groups excluding carboxylic acids is 1. The molecule has 0 amide bonds. The van der Waals surface area contributed by atoms with Gasteiger partial charge in [-0.2, -0.15) is 4.68 Å². The minimum atomic E-state index is -0.384. The van der Waals surface area contributed by atoms with Crippen LogP contribution in [0.4, 0.5) is 4.39 Å². The minimum absolute atomic E-state index is 0.334. The third-order valence-corrected chi connectivity index (χ3v) is 3.70. The van der Waals surface area contributed by atoms with Gasteiger partial charge in [-0.15, -0.1) is 5.10 Å². The summed E-state index contributed by atoms with van der Waals surface area (Å²) in [4.78, 5) is 16.9. The Morgan fingerprint density at radius 2 is 1.77 bits per heavy atom. The predicted molar refractivity (Wildman–Crippen MR) is 83.4 cm³/mol. The summed E-state index contributed by atoms with van der Waals surface area (Å²) in [5, 5.41) is 4.79. The molecule has 110 valence electrons. The third kappa shape index (κ3) is 2.78. The highest BCUT2D eigenvalue weighted by Gasteiger charge is 2.18. The van der Waals surface area contributed by atoms with E-state index in [4.69, 9.17) is 0 Å². The molecule has 0 bridgehead atoms. The largest absolute Gasteiger partial charge is 0.280 e. The lowest BCUT2D eigenvalue weighted by atomic mass is 10.2. The Labute approximate surface area is 131 Å². The van der Waals surface area contributed by atoms with Gasteiger partial charge in [-0.1, -0.05) is 42.1 Å². The Kier molecular flexibility index (Phi) is 4.02. The van der Waals surface area contributed by atoms with Gasteiger partial charge < -0.3 is 0 Å². The zero-order valence-corrected chi connectivity index (χ0v) is 12.5. The van der Waals surface area contributed by atoms with Gasteiger partial charge in [0.25, 0.3) is 5.91 Å². The average molecular weight is 313 g/mol. The van der Waals surface area contributed by atoms with Gasteiger partial charge in [0, 0.05) is 11.1 Å². The summed E-state index contributed by atoms with van der Waals surface area (Å²) < 4.78 is 14.2. The summed E-state index contributed by atoms with van der Waals surface area (Å²) in [6.45, 7) is 0. The summed E-state index contributed by atoms with van der Waals surface area (Å²) in [5.41, 5.74) is 1.20. The maximum Gasteiger partial charge on any atom is 0.280 e. The van der Waals surface area contributed by atoms with Crippen LogP contribution in [0.15, 0.2) is 59.8 Å². The van der Waals surface area contributed by atoms with Crippen LogP contribution >= 0.6 is 11.8 Å². The molecule has 1 aromatic heterocycles. The quantitative estimate of drug-likeness (QED) is 0.694. The number of hydrogen-bond acceptors (Lipinski definition) is 4. The Bertz CT molecular complexity index is 800. The van der Waals surface area contributed by atoms with Gasteiger partial charge >= 0.3 is 0 Å². The van der Waals surface area contributed by atoms with Gasteiger partial charge in [-0.25, -0.2) is 9.37 Å². The van der Waals surface area contributed by atoms with E-state index in [1.54, 1.807) is 0 Å². The van der Waals surface area contributed by atoms with E-state index in [0.717, 1.165) is 5.56 Å². The lowest BCUT2D eigenvalue weighted by Gasteiger charge is -2.02. The summed E-state index contributed by atoms with van der Waals surface area (Å²) >= 11 is 1.33. The van der Waals surface area contributed by atoms with Crippen LogP contribution in [0.2, 0.25) is 0 Å². The predicted octanol–water partition coefficient (Wildman–Crippen LogP) is 3.49. The molecule has 22 heavy (non-hydrogen) atoms. The highest BCUT2D eigenvalue weighted by Crippen LogP contribution is 2.21. The van der Waals surface area contributed by atoms with E-state index in [0.29, 0.717) is 16.5 Å². The van der Waals surface area contributed by atoms with E-state index in [2.05, 4.69) is 10.1 Å². The smallest absolute Gasteiger partial charge is 0.267 e. The van der Waals surface area contributed by atoms with Gasteiger partial charge in [0.1, 0.15) is 5.82 Å². The Hall–Kier alpha value is -2.47. The lowest BCUT2D eigenvalue weighted by molar-refractivity contribution is 0.0933. The second kappa shape index (κ2) is 6.11. The van der Waals surface area contributed by atoms with Crippen LogP contribution in [-0.2, 0) is 0 Å². The second-order valence-corrected chi connectivity index (χ2v) is 5.29. The van der Waals surface area contributed by atoms with Crippen molar-refractivity contribution in [3.63, 3.8) is 0 Å². The molecule has 2 aromatic carbocycles. The SMILES string of the molecule is CSc1nc(-c2ccccc2)nn1C(=O)c1ccc(F)cc1. The van der Waals surface area contributed by atoms with Gasteiger partial charge in [-0.05, 0) is 30.5 Å². The standard InChI is InChI=1S/C16H12FN3OS/c1-22-16-18-14(11-5-3-2-4-6-11)19-20(16)15(21)12-7-9-13(17)10-8-12/h2-10H,1H3. The number of benzene rings is 2. The van der Waals surface area contributed by atoms with Crippen molar-refractivity contribution < 1.29 is 9.18 Å². The van der Waals surface area contributed by atoms with Crippen LogP contribution in [0, 0.1) is 5.82 Å². The molecule has 6 heteroatoms. The van der Waals surface area contributed by atoms with E-state index < -0.39 is 0 Å². The van der Waals surface area contributed by atoms with E-state index in [-0.39, 0.29) is 11.7 Å². The lowest BCUT2D eigenvalue weighted by Crippen LogP contribution is -2.14. The number of thioether (sulfide) groups is 1. The summed E-state index contributed by atoms with van der Waals surface area (Å²) in [6.07, 6.45) is 1.83. The topological polar surface area (TPSA) is 47.8 Å². The number of aromatic nitrogens is 3. The fraction of sp³-hybridized carbons (Fsp3) is 0.0625. The van der Waals surface area contributed by atoms with Gasteiger partial charge in [0.2, 0.25) is 0 Å². The fourth-order valence-corrected chi connectivity index (χ4v) is 2.46. The molecule has 0 aliphatic heterocycles. The normalized spacial score (nSPS) is 10.6. The molecular formula is C16H12FN3OS. The van der Waals surface area contributed by atoms with E-state index >= 15 is 0 Å². The molecule has 0 unspecified atom stereocenters. The molecule has 0 fully saturated rings. The summed E-state index contributed by atoms with van der Waals surface area (Å²) in [7, 11) is 0. The maximum absolute atomic E-state index is 13.0. The first-order valence-corrected chi connectivity index (χ1v) is 7.78. The van der Waals surface area contributed by atoms with Gasteiger partial charge in [-0.3, -0.25) is 4.79 Å². The van der Waals surface area contributed by atoms with Crippen LogP contribution in [0.1, 0.15) is 10.4 Å². The van der Waals surface area contributed by atoms with Crippen molar-refractivity contribution in [2.75, 3.05) is 6.26 Å². The Morgan fingerprint density at radius 1 is 1.09 bits per heavy atom. The molecule has 4 nitrogen and oxygen atoms in total. The highest BCUT2D eigenvalue weighted by atomic mass is 32.2. The summed E-state index contributed by atoms with van der Waals surface area (Å²) in [5.74, 6) is -0.232. The van der Waals surface area contributed by atoms with Crippen LogP contribution < -0.4 is 0 Å². The van der Waals surface area contributed by atoms with Crippen molar-refractivity contribution in [2.24, 2.45) is 0 Å². The molecule has 0 atom stereocenters. The minimum Gasteiger partial charge on any atom is -0.267 e. The van der Waals surface area contributed by atoms with Crippen LogP contribution in [-0.4, -0.2) is 26.9 Å². The molecule has 0 saturated heterocycles. The Morgan fingerprint density at radius 3 is 2.41 bits per heavy atom. The molecule has 0 saturated carbocycles. The molecule has 0 aliphatic carbocycles. The maximum atomic E-state index is 13.0. The fourth-order valence-electron chi connectivity index (χ4n) is 1.99. The molecule has 3 aromatic rings. The zero-order chi connectivity index (χ0) is 15.5. The first-order valence-electron chi connectivity index (χ1n) is 6.56. The summed E-state index contributed by atoms with van der Waals surface area (Å²) in [6, 6.07) is 14.8. The highest BCUT2D eigenvalue weighted by molar-refractivity contribution is 7.98. The zero-order valence-electron chi connectivity index (χ0n) is 11.7. The van der Waals surface area contributed by atoms with E-state index in [1.165, 1.54) is 40.7 Å².